The third kappa shape index (κ3) is 3.18. The van der Waals surface area contributed by atoms with Gasteiger partial charge in [0, 0.05) is 18.6 Å². The Balaban J connectivity index is 2.76. The zero-order chi connectivity index (χ0) is 11.4. The average molecular weight is 231 g/mol. The van der Waals surface area contributed by atoms with Gasteiger partial charge >= 0.3 is 0 Å². The van der Waals surface area contributed by atoms with Gasteiger partial charge in [-0.15, -0.1) is 0 Å². The molecule has 0 spiro atoms. The molecule has 0 bridgehead atoms. The van der Waals surface area contributed by atoms with Crippen molar-refractivity contribution < 1.29 is 9.18 Å². The first-order chi connectivity index (χ1) is 7.04. The average Bonchev–Trinajstić information content (AvgIpc) is 2.20. The van der Waals surface area contributed by atoms with E-state index in [4.69, 9.17) is 17.3 Å². The highest BCUT2D eigenvalue weighted by Gasteiger charge is 2.09. The molecule has 1 aromatic carbocycles. The Kier molecular flexibility index (Phi) is 4.05. The van der Waals surface area contributed by atoms with E-state index in [-0.39, 0.29) is 12.5 Å². The van der Waals surface area contributed by atoms with Crippen LogP contribution in [-0.4, -0.2) is 24.4 Å². The summed E-state index contributed by atoms with van der Waals surface area (Å²) in [4.78, 5) is 12.6. The van der Waals surface area contributed by atoms with Crippen LogP contribution in [0.4, 0.5) is 4.39 Å². The molecule has 0 unspecified atom stereocenters. The minimum absolute atomic E-state index is 0.0463. The molecule has 0 heterocycles. The highest BCUT2D eigenvalue weighted by molar-refractivity contribution is 6.31. The van der Waals surface area contributed by atoms with E-state index in [9.17, 15) is 9.18 Å². The second kappa shape index (κ2) is 5.09. The number of nitrogens with zero attached hydrogens (tertiary/aromatic N) is 1. The van der Waals surface area contributed by atoms with E-state index in [0.29, 0.717) is 17.1 Å². The lowest BCUT2D eigenvalue weighted by Gasteiger charge is -2.16. The van der Waals surface area contributed by atoms with Crippen LogP contribution in [0.25, 0.3) is 0 Å². The Bertz CT molecular complexity index is 370. The molecule has 0 aliphatic rings. The number of halogens is 2. The van der Waals surface area contributed by atoms with Gasteiger partial charge in [-0.05, 0) is 17.7 Å². The number of hydrogen-bond donors (Lipinski definition) is 1. The molecule has 2 N–H and O–H groups in total. The van der Waals surface area contributed by atoms with Crippen molar-refractivity contribution in [1.29, 1.82) is 0 Å². The van der Waals surface area contributed by atoms with E-state index in [1.807, 2.05) is 0 Å². The number of amides is 1. The number of likely N-dealkylation sites (N-methyl/N-ethyl adjacent to an activating group) is 1. The molecule has 0 aromatic heterocycles. The summed E-state index contributed by atoms with van der Waals surface area (Å²) in [5, 5.41) is 0.312. The highest BCUT2D eigenvalue weighted by atomic mass is 35.5. The van der Waals surface area contributed by atoms with Crippen molar-refractivity contribution in [2.75, 3.05) is 13.6 Å². The standard InChI is InChI=1S/C10H12ClFN2O/c1-14(10(15)5-13)6-7-2-3-8(12)4-9(7)11/h2-4H,5-6,13H2,1H3. The zero-order valence-corrected chi connectivity index (χ0v) is 9.09. The molecule has 1 aromatic rings. The van der Waals surface area contributed by atoms with Crippen molar-refractivity contribution in [2.45, 2.75) is 6.54 Å². The number of carbonyl (C=O) groups excluding carboxylic acids is 1. The van der Waals surface area contributed by atoms with Gasteiger partial charge in [-0.1, -0.05) is 17.7 Å². The zero-order valence-electron chi connectivity index (χ0n) is 8.34. The molecule has 0 fully saturated rings. The summed E-state index contributed by atoms with van der Waals surface area (Å²) >= 11 is 5.81. The van der Waals surface area contributed by atoms with Gasteiger partial charge in [0.15, 0.2) is 0 Å². The van der Waals surface area contributed by atoms with E-state index in [1.165, 1.54) is 17.0 Å². The van der Waals surface area contributed by atoms with Crippen LogP contribution in [-0.2, 0) is 11.3 Å². The van der Waals surface area contributed by atoms with Crippen molar-refractivity contribution in [1.82, 2.24) is 4.90 Å². The Morgan fingerprint density at radius 3 is 2.80 bits per heavy atom. The number of nitrogens with two attached hydrogens (primary N) is 1. The molecule has 3 nitrogen and oxygen atoms in total. The van der Waals surface area contributed by atoms with Crippen LogP contribution in [0, 0.1) is 5.82 Å². The van der Waals surface area contributed by atoms with Crippen LogP contribution in [0.1, 0.15) is 5.56 Å². The summed E-state index contributed by atoms with van der Waals surface area (Å²) in [5.74, 6) is -0.577. The predicted molar refractivity (Wildman–Crippen MR) is 56.9 cm³/mol. The molecule has 15 heavy (non-hydrogen) atoms. The van der Waals surface area contributed by atoms with Gasteiger partial charge in [0.05, 0.1) is 6.54 Å². The summed E-state index contributed by atoms with van der Waals surface area (Å²) in [5.41, 5.74) is 5.90. The van der Waals surface area contributed by atoms with E-state index in [2.05, 4.69) is 0 Å². The first kappa shape index (κ1) is 11.9. The molecular formula is C10H12ClFN2O. The van der Waals surface area contributed by atoms with Crippen LogP contribution in [0.3, 0.4) is 0 Å². The van der Waals surface area contributed by atoms with E-state index in [1.54, 1.807) is 13.1 Å². The third-order valence-corrected chi connectivity index (χ3v) is 2.37. The van der Waals surface area contributed by atoms with Gasteiger partial charge in [0.2, 0.25) is 5.91 Å². The van der Waals surface area contributed by atoms with Crippen LogP contribution in [0.2, 0.25) is 5.02 Å². The second-order valence-corrected chi connectivity index (χ2v) is 3.60. The van der Waals surface area contributed by atoms with Crippen LogP contribution < -0.4 is 5.73 Å². The summed E-state index contributed by atoms with van der Waals surface area (Å²) < 4.78 is 12.7. The fraction of sp³-hybridized carbons (Fsp3) is 0.300. The van der Waals surface area contributed by atoms with Gasteiger partial charge in [0.25, 0.3) is 0 Å². The minimum Gasteiger partial charge on any atom is -0.340 e. The fourth-order valence-electron chi connectivity index (χ4n) is 1.15. The quantitative estimate of drug-likeness (QED) is 0.853. The molecule has 1 rings (SSSR count). The van der Waals surface area contributed by atoms with Gasteiger partial charge in [-0.3, -0.25) is 4.79 Å². The first-order valence-electron chi connectivity index (χ1n) is 4.42. The SMILES string of the molecule is CN(Cc1ccc(F)cc1Cl)C(=O)CN. The smallest absolute Gasteiger partial charge is 0.236 e. The Morgan fingerprint density at radius 2 is 2.27 bits per heavy atom. The maximum atomic E-state index is 12.7. The summed E-state index contributed by atoms with van der Waals surface area (Å²) in [6, 6.07) is 4.08. The maximum Gasteiger partial charge on any atom is 0.236 e. The topological polar surface area (TPSA) is 46.3 Å². The van der Waals surface area contributed by atoms with Gasteiger partial charge in [-0.25, -0.2) is 4.39 Å². The molecule has 82 valence electrons. The number of benzene rings is 1. The summed E-state index contributed by atoms with van der Waals surface area (Å²) in [6.45, 7) is 0.282. The van der Waals surface area contributed by atoms with E-state index >= 15 is 0 Å². The largest absolute Gasteiger partial charge is 0.340 e. The second-order valence-electron chi connectivity index (χ2n) is 3.19. The molecular weight excluding hydrogens is 219 g/mol. The lowest BCUT2D eigenvalue weighted by Crippen LogP contribution is -2.32. The van der Waals surface area contributed by atoms with Crippen LogP contribution in [0.15, 0.2) is 18.2 Å². The Morgan fingerprint density at radius 1 is 1.60 bits per heavy atom. The van der Waals surface area contributed by atoms with E-state index in [0.717, 1.165) is 0 Å². The first-order valence-corrected chi connectivity index (χ1v) is 4.80. The van der Waals surface area contributed by atoms with Crippen molar-refractivity contribution in [3.63, 3.8) is 0 Å². The monoisotopic (exact) mass is 230 g/mol. The predicted octanol–water partition coefficient (Wildman–Crippen LogP) is 1.40. The van der Waals surface area contributed by atoms with Gasteiger partial charge < -0.3 is 10.6 Å². The van der Waals surface area contributed by atoms with Crippen molar-refractivity contribution in [3.05, 3.63) is 34.6 Å². The normalized spacial score (nSPS) is 10.1. The maximum absolute atomic E-state index is 12.7. The fourth-order valence-corrected chi connectivity index (χ4v) is 1.38. The molecule has 0 saturated heterocycles. The van der Waals surface area contributed by atoms with Gasteiger partial charge in [-0.2, -0.15) is 0 Å². The van der Waals surface area contributed by atoms with E-state index < -0.39 is 5.82 Å². The third-order valence-electron chi connectivity index (χ3n) is 2.02. The van der Waals surface area contributed by atoms with Crippen LogP contribution >= 0.6 is 11.6 Å². The lowest BCUT2D eigenvalue weighted by molar-refractivity contribution is -0.128. The number of hydrogen-bond acceptors (Lipinski definition) is 2. The van der Waals surface area contributed by atoms with Crippen LogP contribution in [0.5, 0.6) is 0 Å². The van der Waals surface area contributed by atoms with Crippen molar-refractivity contribution in [3.8, 4) is 0 Å². The minimum atomic E-state index is -0.392. The summed E-state index contributed by atoms with van der Waals surface area (Å²) in [6.07, 6.45) is 0. The molecule has 0 aliphatic carbocycles. The number of carbonyl (C=O) groups is 1. The molecule has 1 amide bonds. The molecule has 0 saturated carbocycles. The Hall–Kier alpha value is -1.13. The molecule has 5 heteroatoms. The molecule has 0 radical (unpaired) electrons. The number of rotatable bonds is 3. The van der Waals surface area contributed by atoms with Crippen molar-refractivity contribution in [2.24, 2.45) is 5.73 Å². The molecule has 0 atom stereocenters. The van der Waals surface area contributed by atoms with Gasteiger partial charge in [0.1, 0.15) is 5.82 Å². The summed E-state index contributed by atoms with van der Waals surface area (Å²) in [7, 11) is 1.62. The molecule has 0 aliphatic heterocycles. The van der Waals surface area contributed by atoms with Crippen molar-refractivity contribution >= 4 is 17.5 Å². The highest BCUT2D eigenvalue weighted by Crippen LogP contribution is 2.18. The lowest BCUT2D eigenvalue weighted by atomic mass is 10.2. The Labute approximate surface area is 92.6 Å².